The molecular formula is C19H21NO3. The first kappa shape index (κ1) is 16.7. The van der Waals surface area contributed by atoms with E-state index in [4.69, 9.17) is 4.74 Å². The normalized spacial score (nSPS) is 10.2. The molecule has 23 heavy (non-hydrogen) atoms. The molecule has 0 aliphatic heterocycles. The predicted octanol–water partition coefficient (Wildman–Crippen LogP) is 3.66. The van der Waals surface area contributed by atoms with Gasteiger partial charge < -0.3 is 10.1 Å². The number of amides is 1. The molecule has 0 saturated heterocycles. The molecule has 4 nitrogen and oxygen atoms in total. The summed E-state index contributed by atoms with van der Waals surface area (Å²) in [7, 11) is 0. The summed E-state index contributed by atoms with van der Waals surface area (Å²) in [6.45, 7) is 5.53. The maximum atomic E-state index is 12.1. The smallest absolute Gasteiger partial charge is 0.338 e. The van der Waals surface area contributed by atoms with Crippen molar-refractivity contribution in [3.63, 3.8) is 0 Å². The Morgan fingerprint density at radius 2 is 1.83 bits per heavy atom. The Balaban J connectivity index is 1.95. The molecular weight excluding hydrogens is 290 g/mol. The number of benzene rings is 2. The van der Waals surface area contributed by atoms with Gasteiger partial charge in [-0.05, 0) is 43.5 Å². The first-order valence-electron chi connectivity index (χ1n) is 7.63. The molecule has 4 heteroatoms. The van der Waals surface area contributed by atoms with E-state index in [1.807, 2.05) is 57.2 Å². The second-order valence-corrected chi connectivity index (χ2v) is 5.45. The summed E-state index contributed by atoms with van der Waals surface area (Å²) in [6.07, 6.45) is 0.818. The minimum Gasteiger partial charge on any atom is -0.452 e. The number of aryl methyl sites for hydroxylation is 3. The van der Waals surface area contributed by atoms with Crippen molar-refractivity contribution in [2.24, 2.45) is 0 Å². The highest BCUT2D eigenvalue weighted by Crippen LogP contribution is 2.15. The van der Waals surface area contributed by atoms with Gasteiger partial charge >= 0.3 is 5.97 Å². The lowest BCUT2D eigenvalue weighted by molar-refractivity contribution is -0.119. The van der Waals surface area contributed by atoms with E-state index in [2.05, 4.69) is 5.32 Å². The van der Waals surface area contributed by atoms with Gasteiger partial charge in [0.2, 0.25) is 0 Å². The van der Waals surface area contributed by atoms with Crippen molar-refractivity contribution in [2.45, 2.75) is 27.2 Å². The van der Waals surface area contributed by atoms with E-state index in [-0.39, 0.29) is 12.5 Å². The van der Waals surface area contributed by atoms with Crippen LogP contribution in [0.1, 0.15) is 34.0 Å². The van der Waals surface area contributed by atoms with Gasteiger partial charge in [-0.2, -0.15) is 0 Å². The first-order valence-corrected chi connectivity index (χ1v) is 7.63. The summed E-state index contributed by atoms with van der Waals surface area (Å²) in [5.74, 6) is -0.828. The molecule has 0 saturated carbocycles. The molecule has 2 aromatic rings. The largest absolute Gasteiger partial charge is 0.452 e. The van der Waals surface area contributed by atoms with Crippen molar-refractivity contribution in [1.82, 2.24) is 0 Å². The predicted molar refractivity (Wildman–Crippen MR) is 90.6 cm³/mol. The lowest BCUT2D eigenvalue weighted by Gasteiger charge is -2.11. The minimum atomic E-state index is -0.485. The van der Waals surface area contributed by atoms with Crippen molar-refractivity contribution in [3.05, 3.63) is 64.7 Å². The standard InChI is InChI=1S/C19H21NO3/c1-4-15-7-5-6-8-17(15)20-18(21)12-23-19(22)16-10-9-13(2)11-14(16)3/h5-11H,4,12H2,1-3H3,(H,20,21). The number of hydrogen-bond donors (Lipinski definition) is 1. The summed E-state index contributed by atoms with van der Waals surface area (Å²) >= 11 is 0. The fourth-order valence-electron chi connectivity index (χ4n) is 2.39. The van der Waals surface area contributed by atoms with Crippen molar-refractivity contribution < 1.29 is 14.3 Å². The van der Waals surface area contributed by atoms with Gasteiger partial charge in [0.1, 0.15) is 0 Å². The molecule has 0 aliphatic carbocycles. The zero-order valence-corrected chi connectivity index (χ0v) is 13.7. The molecule has 0 bridgehead atoms. The van der Waals surface area contributed by atoms with Crippen LogP contribution < -0.4 is 5.32 Å². The first-order chi connectivity index (χ1) is 11.0. The van der Waals surface area contributed by atoms with Crippen LogP contribution in [0.15, 0.2) is 42.5 Å². The van der Waals surface area contributed by atoms with Crippen LogP contribution in [-0.2, 0) is 16.0 Å². The molecule has 2 aromatic carbocycles. The third-order valence-corrected chi connectivity index (χ3v) is 3.61. The van der Waals surface area contributed by atoms with Gasteiger partial charge in [0.15, 0.2) is 6.61 Å². The van der Waals surface area contributed by atoms with E-state index in [1.165, 1.54) is 0 Å². The van der Waals surface area contributed by atoms with Gasteiger partial charge in [-0.1, -0.05) is 42.8 Å². The second-order valence-electron chi connectivity index (χ2n) is 5.45. The minimum absolute atomic E-state index is 0.301. The van der Waals surface area contributed by atoms with Crippen LogP contribution in [-0.4, -0.2) is 18.5 Å². The lowest BCUT2D eigenvalue weighted by atomic mass is 10.1. The summed E-state index contributed by atoms with van der Waals surface area (Å²) in [5.41, 5.74) is 4.20. The summed E-state index contributed by atoms with van der Waals surface area (Å²) in [4.78, 5) is 24.0. The second kappa shape index (κ2) is 7.58. The number of para-hydroxylation sites is 1. The van der Waals surface area contributed by atoms with Crippen molar-refractivity contribution in [2.75, 3.05) is 11.9 Å². The maximum absolute atomic E-state index is 12.1. The monoisotopic (exact) mass is 311 g/mol. The molecule has 1 N–H and O–H groups in total. The topological polar surface area (TPSA) is 55.4 Å². The van der Waals surface area contributed by atoms with Gasteiger partial charge in [-0.15, -0.1) is 0 Å². The average Bonchev–Trinajstić information content (AvgIpc) is 2.53. The Morgan fingerprint density at radius 3 is 2.52 bits per heavy atom. The number of esters is 1. The number of carbonyl (C=O) groups is 2. The van der Waals surface area contributed by atoms with E-state index in [0.29, 0.717) is 5.56 Å². The highest BCUT2D eigenvalue weighted by molar-refractivity contribution is 5.96. The van der Waals surface area contributed by atoms with Crippen LogP contribution in [0.2, 0.25) is 0 Å². The summed E-state index contributed by atoms with van der Waals surface area (Å²) < 4.78 is 5.11. The Bertz CT molecular complexity index is 722. The number of carbonyl (C=O) groups excluding carboxylic acids is 2. The zero-order valence-electron chi connectivity index (χ0n) is 13.7. The van der Waals surface area contributed by atoms with Gasteiger partial charge in [0, 0.05) is 5.69 Å². The Hall–Kier alpha value is -2.62. The van der Waals surface area contributed by atoms with Crippen LogP contribution in [0.25, 0.3) is 0 Å². The highest BCUT2D eigenvalue weighted by atomic mass is 16.5. The third-order valence-electron chi connectivity index (χ3n) is 3.61. The van der Waals surface area contributed by atoms with Crippen molar-refractivity contribution in [1.29, 1.82) is 0 Å². The number of hydrogen-bond acceptors (Lipinski definition) is 3. The van der Waals surface area contributed by atoms with Crippen molar-refractivity contribution in [3.8, 4) is 0 Å². The quantitative estimate of drug-likeness (QED) is 0.857. The van der Waals surface area contributed by atoms with Crippen LogP contribution >= 0.6 is 0 Å². The van der Waals surface area contributed by atoms with E-state index in [9.17, 15) is 9.59 Å². The Kier molecular flexibility index (Phi) is 5.52. The maximum Gasteiger partial charge on any atom is 0.338 e. The van der Waals surface area contributed by atoms with E-state index < -0.39 is 5.97 Å². The molecule has 0 fully saturated rings. The highest BCUT2D eigenvalue weighted by Gasteiger charge is 2.13. The Morgan fingerprint density at radius 1 is 1.09 bits per heavy atom. The van der Waals surface area contributed by atoms with Gasteiger partial charge in [-0.3, -0.25) is 4.79 Å². The molecule has 0 aliphatic rings. The molecule has 0 unspecified atom stereocenters. The van der Waals surface area contributed by atoms with Crippen LogP contribution in [0.3, 0.4) is 0 Å². The fraction of sp³-hybridized carbons (Fsp3) is 0.263. The average molecular weight is 311 g/mol. The number of ether oxygens (including phenoxy) is 1. The lowest BCUT2D eigenvalue weighted by Crippen LogP contribution is -2.21. The summed E-state index contributed by atoms with van der Waals surface area (Å²) in [5, 5.41) is 2.78. The molecule has 2 rings (SSSR count). The SMILES string of the molecule is CCc1ccccc1NC(=O)COC(=O)c1ccc(C)cc1C. The van der Waals surface area contributed by atoms with Crippen LogP contribution in [0.5, 0.6) is 0 Å². The molecule has 0 radical (unpaired) electrons. The van der Waals surface area contributed by atoms with Gasteiger partial charge in [0.25, 0.3) is 5.91 Å². The number of anilines is 1. The molecule has 0 atom stereocenters. The third kappa shape index (κ3) is 4.42. The number of rotatable bonds is 5. The van der Waals surface area contributed by atoms with Crippen LogP contribution in [0, 0.1) is 13.8 Å². The van der Waals surface area contributed by atoms with Gasteiger partial charge in [0.05, 0.1) is 5.56 Å². The van der Waals surface area contributed by atoms with E-state index in [1.54, 1.807) is 6.07 Å². The fourth-order valence-corrected chi connectivity index (χ4v) is 2.39. The van der Waals surface area contributed by atoms with E-state index >= 15 is 0 Å². The Labute approximate surface area is 136 Å². The molecule has 120 valence electrons. The molecule has 0 heterocycles. The van der Waals surface area contributed by atoms with E-state index in [0.717, 1.165) is 28.8 Å². The zero-order chi connectivity index (χ0) is 16.8. The number of nitrogens with one attached hydrogen (secondary N) is 1. The molecule has 1 amide bonds. The molecule has 0 aromatic heterocycles. The van der Waals surface area contributed by atoms with Crippen LogP contribution in [0.4, 0.5) is 5.69 Å². The van der Waals surface area contributed by atoms with Gasteiger partial charge in [-0.25, -0.2) is 4.79 Å². The van der Waals surface area contributed by atoms with Crippen molar-refractivity contribution >= 4 is 17.6 Å². The molecule has 0 spiro atoms. The summed E-state index contributed by atoms with van der Waals surface area (Å²) in [6, 6.07) is 13.1.